The van der Waals surface area contributed by atoms with E-state index in [1.54, 1.807) is 0 Å². The first-order valence-corrected chi connectivity index (χ1v) is 17.5. The SMILES string of the molecule is CCCCCCCCCCOC(=O)OCC1Cc2ccc(OCCCCN3CCN(c4cccc(Cl)c4Cl)CC3)cc2NC1=O. The van der Waals surface area contributed by atoms with Crippen molar-refractivity contribution in [3.05, 3.63) is 52.0 Å². The number of fused-ring (bicyclic) bond motifs is 1. The van der Waals surface area contributed by atoms with Crippen molar-refractivity contribution in [2.45, 2.75) is 77.6 Å². The molecule has 1 fully saturated rings. The molecule has 2 aromatic carbocycles. The van der Waals surface area contributed by atoms with Gasteiger partial charge in [-0.3, -0.25) is 9.69 Å². The second-order valence-electron chi connectivity index (χ2n) is 12.1. The topological polar surface area (TPSA) is 80.3 Å². The number of unbranched alkanes of at least 4 members (excludes halogenated alkanes) is 8. The third kappa shape index (κ3) is 11.6. The van der Waals surface area contributed by atoms with E-state index in [1.165, 1.54) is 32.1 Å². The van der Waals surface area contributed by atoms with Gasteiger partial charge in [0.25, 0.3) is 0 Å². The molecular weight excluding hydrogens is 613 g/mol. The number of piperazine rings is 1. The number of hydrogen-bond acceptors (Lipinski definition) is 7. The maximum Gasteiger partial charge on any atom is 0.508 e. The number of benzene rings is 2. The van der Waals surface area contributed by atoms with Crippen LogP contribution in [0.5, 0.6) is 5.75 Å². The molecular formula is C35H49Cl2N3O5. The average molecular weight is 663 g/mol. The van der Waals surface area contributed by atoms with Gasteiger partial charge in [-0.15, -0.1) is 0 Å². The smallest absolute Gasteiger partial charge is 0.494 e. The molecule has 2 heterocycles. The number of nitrogens with zero attached hydrogens (tertiary/aromatic N) is 2. The molecule has 1 saturated heterocycles. The average Bonchev–Trinajstić information content (AvgIpc) is 3.04. The lowest BCUT2D eigenvalue weighted by atomic mass is 9.94. The molecule has 2 aromatic rings. The van der Waals surface area contributed by atoms with Gasteiger partial charge in [0.05, 0.1) is 34.9 Å². The van der Waals surface area contributed by atoms with Crippen LogP contribution in [-0.2, 0) is 20.7 Å². The van der Waals surface area contributed by atoms with Gasteiger partial charge < -0.3 is 24.4 Å². The Kier molecular flexibility index (Phi) is 14.9. The van der Waals surface area contributed by atoms with Crippen LogP contribution in [0.3, 0.4) is 0 Å². The lowest BCUT2D eigenvalue weighted by Crippen LogP contribution is -2.46. The Morgan fingerprint density at radius 2 is 1.62 bits per heavy atom. The normalized spacial score (nSPS) is 16.6. The van der Waals surface area contributed by atoms with E-state index in [-0.39, 0.29) is 12.5 Å². The van der Waals surface area contributed by atoms with Crippen molar-refractivity contribution in [3.63, 3.8) is 0 Å². The summed E-state index contributed by atoms with van der Waals surface area (Å²) in [6.07, 6.45) is 11.2. The molecule has 0 aromatic heterocycles. The van der Waals surface area contributed by atoms with Crippen LogP contribution in [0.15, 0.2) is 36.4 Å². The van der Waals surface area contributed by atoms with E-state index in [2.05, 4.69) is 22.0 Å². The third-order valence-corrected chi connectivity index (χ3v) is 9.39. The van der Waals surface area contributed by atoms with Crippen molar-refractivity contribution < 1.29 is 23.8 Å². The first-order chi connectivity index (χ1) is 21.9. The predicted molar refractivity (Wildman–Crippen MR) is 182 cm³/mol. The van der Waals surface area contributed by atoms with Crippen LogP contribution in [-0.4, -0.2) is 69.5 Å². The van der Waals surface area contributed by atoms with Crippen molar-refractivity contribution in [3.8, 4) is 5.75 Å². The maximum absolute atomic E-state index is 12.7. The Balaban J connectivity index is 1.06. The van der Waals surface area contributed by atoms with Gasteiger partial charge in [0.15, 0.2) is 0 Å². The van der Waals surface area contributed by atoms with Crippen LogP contribution in [0, 0.1) is 5.92 Å². The number of carbonyl (C=O) groups excluding carboxylic acids is 2. The van der Waals surface area contributed by atoms with Crippen molar-refractivity contribution in [1.29, 1.82) is 0 Å². The van der Waals surface area contributed by atoms with E-state index < -0.39 is 12.1 Å². The van der Waals surface area contributed by atoms with Gasteiger partial charge in [-0.2, -0.15) is 0 Å². The summed E-state index contributed by atoms with van der Waals surface area (Å²) in [5.41, 5.74) is 2.76. The van der Waals surface area contributed by atoms with E-state index in [4.69, 9.17) is 37.4 Å². The van der Waals surface area contributed by atoms with Gasteiger partial charge in [0, 0.05) is 37.9 Å². The molecule has 8 nitrogen and oxygen atoms in total. The third-order valence-electron chi connectivity index (χ3n) is 8.58. The number of ether oxygens (including phenoxy) is 3. The molecule has 1 N–H and O–H groups in total. The van der Waals surface area contributed by atoms with Gasteiger partial charge in [-0.05, 0) is 56.0 Å². The Morgan fingerprint density at radius 1 is 0.889 bits per heavy atom. The highest BCUT2D eigenvalue weighted by Gasteiger charge is 2.28. The molecule has 4 rings (SSSR count). The molecule has 1 unspecified atom stereocenters. The zero-order valence-corrected chi connectivity index (χ0v) is 28.2. The second kappa shape index (κ2) is 19.1. The first kappa shape index (κ1) is 35.2. The molecule has 10 heteroatoms. The van der Waals surface area contributed by atoms with Gasteiger partial charge >= 0.3 is 6.16 Å². The molecule has 0 saturated carbocycles. The largest absolute Gasteiger partial charge is 0.508 e. The summed E-state index contributed by atoms with van der Waals surface area (Å²) in [5.74, 6) is 0.137. The molecule has 2 aliphatic heterocycles. The Bertz CT molecular complexity index is 1220. The minimum atomic E-state index is -0.704. The number of hydrogen-bond donors (Lipinski definition) is 1. The Hall–Kier alpha value is -2.68. The van der Waals surface area contributed by atoms with E-state index in [0.29, 0.717) is 29.7 Å². The summed E-state index contributed by atoms with van der Waals surface area (Å²) in [6, 6.07) is 11.6. The Labute approximate surface area is 278 Å². The number of halogens is 2. The van der Waals surface area contributed by atoms with Crippen molar-refractivity contribution >= 4 is 46.6 Å². The molecule has 0 spiro atoms. The lowest BCUT2D eigenvalue weighted by Gasteiger charge is -2.36. The minimum Gasteiger partial charge on any atom is -0.494 e. The molecule has 248 valence electrons. The molecule has 1 amide bonds. The molecule has 0 bridgehead atoms. The predicted octanol–water partition coefficient (Wildman–Crippen LogP) is 8.38. The number of carbonyl (C=O) groups is 2. The molecule has 1 atom stereocenters. The van der Waals surface area contributed by atoms with Crippen LogP contribution in [0.4, 0.5) is 16.2 Å². The number of rotatable bonds is 18. The highest BCUT2D eigenvalue weighted by Crippen LogP contribution is 2.33. The monoisotopic (exact) mass is 661 g/mol. The summed E-state index contributed by atoms with van der Waals surface area (Å²) in [7, 11) is 0. The van der Waals surface area contributed by atoms with Crippen LogP contribution in [0.2, 0.25) is 10.0 Å². The highest BCUT2D eigenvalue weighted by atomic mass is 35.5. The maximum atomic E-state index is 12.7. The zero-order chi connectivity index (χ0) is 31.9. The fourth-order valence-electron chi connectivity index (χ4n) is 5.85. The van der Waals surface area contributed by atoms with Gasteiger partial charge in [-0.1, -0.05) is 87.2 Å². The van der Waals surface area contributed by atoms with E-state index in [9.17, 15) is 9.59 Å². The van der Waals surface area contributed by atoms with Crippen molar-refractivity contribution in [2.75, 3.05) is 62.8 Å². The minimum absolute atomic E-state index is 0.00316. The van der Waals surface area contributed by atoms with Crippen LogP contribution < -0.4 is 15.0 Å². The van der Waals surface area contributed by atoms with Crippen LogP contribution in [0.1, 0.15) is 76.7 Å². The second-order valence-corrected chi connectivity index (χ2v) is 12.8. The van der Waals surface area contributed by atoms with Crippen LogP contribution in [0.25, 0.3) is 0 Å². The molecule has 0 radical (unpaired) electrons. The van der Waals surface area contributed by atoms with Gasteiger partial charge in [0.1, 0.15) is 12.4 Å². The fraction of sp³-hybridized carbons (Fsp3) is 0.600. The van der Waals surface area contributed by atoms with E-state index in [0.717, 1.165) is 87.5 Å². The standard InChI is InChI=1S/C35H49Cl2N3O5/c1-2-3-4-5-6-7-8-10-23-44-35(42)45-26-28-24-27-15-16-29(25-31(27)38-34(28)41)43-22-11-9-17-39-18-20-40(21-19-39)32-14-12-13-30(36)33(32)37/h12-16,25,28H,2-11,17-24,26H2,1H3,(H,38,41). The summed E-state index contributed by atoms with van der Waals surface area (Å²) >= 11 is 12.6. The van der Waals surface area contributed by atoms with Crippen molar-refractivity contribution in [1.82, 2.24) is 4.90 Å². The summed E-state index contributed by atoms with van der Waals surface area (Å²) in [5, 5.41) is 4.17. The van der Waals surface area contributed by atoms with Gasteiger partial charge in [0.2, 0.25) is 5.91 Å². The fourth-order valence-corrected chi connectivity index (χ4v) is 6.26. The summed E-state index contributed by atoms with van der Waals surface area (Å²) in [4.78, 5) is 29.5. The quantitative estimate of drug-likeness (QED) is 0.127. The molecule has 2 aliphatic rings. The number of nitrogens with one attached hydrogen (secondary N) is 1. The number of amides is 1. The molecule has 0 aliphatic carbocycles. The van der Waals surface area contributed by atoms with Gasteiger partial charge in [-0.25, -0.2) is 4.79 Å². The summed E-state index contributed by atoms with van der Waals surface area (Å²) < 4.78 is 16.4. The van der Waals surface area contributed by atoms with Crippen LogP contribution >= 0.6 is 23.2 Å². The number of anilines is 2. The highest BCUT2D eigenvalue weighted by molar-refractivity contribution is 6.43. The van der Waals surface area contributed by atoms with Crippen molar-refractivity contribution in [2.24, 2.45) is 5.92 Å². The summed E-state index contributed by atoms with van der Waals surface area (Å²) in [6.45, 7) is 8.04. The lowest BCUT2D eigenvalue weighted by molar-refractivity contribution is -0.121. The molecule has 45 heavy (non-hydrogen) atoms. The first-order valence-electron chi connectivity index (χ1n) is 16.7. The van der Waals surface area contributed by atoms with E-state index >= 15 is 0 Å². The zero-order valence-electron chi connectivity index (χ0n) is 26.7. The Morgan fingerprint density at radius 3 is 2.40 bits per heavy atom. The van der Waals surface area contributed by atoms with E-state index in [1.807, 2.05) is 36.4 Å².